The van der Waals surface area contributed by atoms with Gasteiger partial charge >= 0.3 is 17.9 Å². The van der Waals surface area contributed by atoms with Crippen molar-refractivity contribution in [2.45, 2.75) is 39.7 Å². The van der Waals surface area contributed by atoms with Gasteiger partial charge in [0.05, 0.1) is 32.4 Å². The van der Waals surface area contributed by atoms with E-state index in [4.69, 9.17) is 14.2 Å². The average molecular weight is 478 g/mol. The summed E-state index contributed by atoms with van der Waals surface area (Å²) in [6.45, 7) is 4.22. The second-order valence-corrected chi connectivity index (χ2v) is 7.96. The van der Waals surface area contributed by atoms with Gasteiger partial charge in [-0.15, -0.1) is 0 Å². The molecule has 1 fully saturated rings. The smallest absolute Gasteiger partial charge is 0.327 e. The van der Waals surface area contributed by atoms with Crippen LogP contribution in [-0.2, 0) is 41.6 Å². The number of phenols is 1. The molecule has 0 spiro atoms. The quantitative estimate of drug-likeness (QED) is 0.206. The van der Waals surface area contributed by atoms with E-state index in [2.05, 4.69) is 4.74 Å². The molecule has 0 bridgehead atoms. The molecule has 1 N–H and O–H groups in total. The van der Waals surface area contributed by atoms with Gasteiger partial charge in [-0.3, -0.25) is 24.1 Å². The first kappa shape index (κ1) is 27.0. The molecule has 34 heavy (non-hydrogen) atoms. The summed E-state index contributed by atoms with van der Waals surface area (Å²) in [4.78, 5) is 47.6. The van der Waals surface area contributed by atoms with Crippen LogP contribution in [0.25, 0.3) is 0 Å². The Kier molecular flexibility index (Phi) is 10.2. The maximum atomic E-state index is 12.1. The molecule has 10 heteroatoms. The molecule has 0 radical (unpaired) electrons. The summed E-state index contributed by atoms with van der Waals surface area (Å²) in [6, 6.07) is 0. The highest BCUT2D eigenvalue weighted by atomic mass is 16.6. The Balaban J connectivity index is 1.93. The van der Waals surface area contributed by atoms with E-state index in [0.717, 1.165) is 16.7 Å². The van der Waals surface area contributed by atoms with Crippen LogP contribution >= 0.6 is 0 Å². The fourth-order valence-electron chi connectivity index (χ4n) is 3.69. The molecule has 1 aromatic rings. The van der Waals surface area contributed by atoms with Crippen LogP contribution in [0.3, 0.4) is 0 Å². The summed E-state index contributed by atoms with van der Waals surface area (Å²) in [6.07, 6.45) is 3.59. The molecule has 0 aliphatic carbocycles. The molecule has 1 heterocycles. The van der Waals surface area contributed by atoms with Crippen molar-refractivity contribution in [3.8, 4) is 11.5 Å². The Morgan fingerprint density at radius 2 is 1.82 bits per heavy atom. The lowest BCUT2D eigenvalue weighted by Crippen LogP contribution is -2.44. The number of hydrogen-bond acceptors (Lipinski definition) is 10. The Morgan fingerprint density at radius 3 is 2.41 bits per heavy atom. The predicted molar refractivity (Wildman–Crippen MR) is 121 cm³/mol. The highest BCUT2D eigenvalue weighted by Crippen LogP contribution is 2.39. The molecule has 10 nitrogen and oxygen atoms in total. The average Bonchev–Trinajstić information content (AvgIpc) is 2.78. The minimum absolute atomic E-state index is 0.0104. The van der Waals surface area contributed by atoms with Crippen LogP contribution in [-0.4, -0.2) is 74.7 Å². The van der Waals surface area contributed by atoms with Crippen LogP contribution in [0.15, 0.2) is 11.6 Å². The molecule has 0 aromatic heterocycles. The van der Waals surface area contributed by atoms with Crippen LogP contribution in [0.5, 0.6) is 11.5 Å². The van der Waals surface area contributed by atoms with E-state index >= 15 is 0 Å². The number of methoxy groups -OCH3 is 2. The number of morpholine rings is 1. The van der Waals surface area contributed by atoms with Crippen LogP contribution in [0, 0.1) is 6.92 Å². The van der Waals surface area contributed by atoms with Crippen molar-refractivity contribution in [2.75, 3.05) is 40.5 Å². The first-order valence-electron chi connectivity index (χ1n) is 10.8. The van der Waals surface area contributed by atoms with Crippen molar-refractivity contribution >= 4 is 24.2 Å². The summed E-state index contributed by atoms with van der Waals surface area (Å²) in [5.74, 6) is -1.59. The normalized spacial score (nSPS) is 14.6. The number of nitrogens with zero attached hydrogens (tertiary/aromatic N) is 1. The molecule has 0 unspecified atom stereocenters. The number of carbonyl (C=O) groups excluding carboxylic acids is 4. The molecule has 1 aromatic carbocycles. The first-order valence-corrected chi connectivity index (χ1v) is 10.8. The maximum Gasteiger partial charge on any atom is 0.327 e. The van der Waals surface area contributed by atoms with Crippen molar-refractivity contribution in [3.63, 3.8) is 0 Å². The van der Waals surface area contributed by atoms with Gasteiger partial charge in [0, 0.05) is 25.6 Å². The molecule has 1 saturated heterocycles. The van der Waals surface area contributed by atoms with Crippen LogP contribution < -0.4 is 4.74 Å². The number of rotatable bonds is 12. The van der Waals surface area contributed by atoms with Crippen molar-refractivity contribution in [2.24, 2.45) is 0 Å². The predicted octanol–water partition coefficient (Wildman–Crippen LogP) is 1.87. The van der Waals surface area contributed by atoms with Gasteiger partial charge in [0.1, 0.15) is 6.61 Å². The van der Waals surface area contributed by atoms with Gasteiger partial charge in [0.25, 0.3) is 0 Å². The van der Waals surface area contributed by atoms with E-state index in [9.17, 15) is 24.3 Å². The second kappa shape index (κ2) is 12.9. The zero-order valence-corrected chi connectivity index (χ0v) is 20.0. The number of esters is 3. The minimum Gasteiger partial charge on any atom is -0.504 e. The van der Waals surface area contributed by atoms with Crippen LogP contribution in [0.2, 0.25) is 0 Å². The van der Waals surface area contributed by atoms with Crippen molar-refractivity contribution in [1.82, 2.24) is 4.90 Å². The van der Waals surface area contributed by atoms with Crippen LogP contribution in [0.1, 0.15) is 46.8 Å². The number of benzene rings is 1. The van der Waals surface area contributed by atoms with Gasteiger partial charge in [0.2, 0.25) is 0 Å². The van der Waals surface area contributed by atoms with Crippen molar-refractivity contribution in [3.05, 3.63) is 33.9 Å². The zero-order chi connectivity index (χ0) is 25.3. The number of phenolic OH excluding ortho intramolecular Hbond substituents is 1. The number of aromatic hydroxyl groups is 1. The van der Waals surface area contributed by atoms with Gasteiger partial charge in [-0.2, -0.15) is 0 Å². The number of allylic oxidation sites excluding steroid dienone is 2. The molecule has 2 rings (SSSR count). The lowest BCUT2D eigenvalue weighted by molar-refractivity contribution is -0.167. The second-order valence-electron chi connectivity index (χ2n) is 7.96. The van der Waals surface area contributed by atoms with E-state index in [1.54, 1.807) is 4.90 Å². The lowest BCUT2D eigenvalue weighted by atomic mass is 9.93. The summed E-state index contributed by atoms with van der Waals surface area (Å²) in [7, 11) is 2.94. The van der Waals surface area contributed by atoms with E-state index in [-0.39, 0.29) is 62.3 Å². The van der Waals surface area contributed by atoms with Gasteiger partial charge in [-0.1, -0.05) is 11.6 Å². The summed E-state index contributed by atoms with van der Waals surface area (Å²) in [5.41, 5.74) is 3.21. The monoisotopic (exact) mass is 477 g/mol. The fourth-order valence-corrected chi connectivity index (χ4v) is 3.69. The third kappa shape index (κ3) is 7.13. The third-order valence-electron chi connectivity index (χ3n) is 5.57. The topological polar surface area (TPSA) is 129 Å². The van der Waals surface area contributed by atoms with Gasteiger partial charge in [0.15, 0.2) is 17.8 Å². The SMILES string of the molecule is COCc1c(C)c(C/C=C(\C)CCC(=O)OCCN2CC(=O)OC(=O)C2)c(OC)c(O)c1C=O. The van der Waals surface area contributed by atoms with Gasteiger partial charge < -0.3 is 24.1 Å². The first-order chi connectivity index (χ1) is 16.2. The summed E-state index contributed by atoms with van der Waals surface area (Å²) < 4.78 is 20.2. The number of hydrogen-bond donors (Lipinski definition) is 1. The zero-order valence-electron chi connectivity index (χ0n) is 20.0. The Labute approximate surface area is 198 Å². The molecular formula is C24H31NO9. The summed E-state index contributed by atoms with van der Waals surface area (Å²) >= 11 is 0. The van der Waals surface area contributed by atoms with E-state index in [1.807, 2.05) is 19.9 Å². The molecule has 0 saturated carbocycles. The highest BCUT2D eigenvalue weighted by Gasteiger charge is 2.24. The Hall–Kier alpha value is -3.24. The maximum absolute atomic E-state index is 12.1. The number of ether oxygens (including phenoxy) is 4. The largest absolute Gasteiger partial charge is 0.504 e. The van der Waals surface area contributed by atoms with E-state index in [1.165, 1.54) is 14.2 Å². The lowest BCUT2D eigenvalue weighted by Gasteiger charge is -2.23. The molecule has 1 aliphatic heterocycles. The van der Waals surface area contributed by atoms with Crippen molar-refractivity contribution in [1.29, 1.82) is 0 Å². The molecule has 186 valence electrons. The Morgan fingerprint density at radius 1 is 1.15 bits per heavy atom. The van der Waals surface area contributed by atoms with Crippen LogP contribution in [0.4, 0.5) is 0 Å². The standard InChI is InChI=1S/C24H31NO9/c1-15(6-8-20(27)33-10-9-25-11-21(28)34-22(29)12-25)5-7-17-16(2)19(14-31-3)18(13-26)23(30)24(17)32-4/h5,13,30H,6-12,14H2,1-4H3/b15-5+. The number of aldehydes is 1. The molecular weight excluding hydrogens is 446 g/mol. The Bertz CT molecular complexity index is 952. The van der Waals surface area contributed by atoms with E-state index < -0.39 is 11.9 Å². The number of carbonyl (C=O) groups is 4. The summed E-state index contributed by atoms with van der Waals surface area (Å²) in [5, 5.41) is 10.5. The van der Waals surface area contributed by atoms with Gasteiger partial charge in [-0.05, 0) is 37.8 Å². The molecule has 0 amide bonds. The highest BCUT2D eigenvalue weighted by molar-refractivity contribution is 5.90. The van der Waals surface area contributed by atoms with Gasteiger partial charge in [-0.25, -0.2) is 0 Å². The molecule has 1 aliphatic rings. The van der Waals surface area contributed by atoms with Crippen molar-refractivity contribution < 1.29 is 43.2 Å². The number of cyclic esters (lactones) is 2. The van der Waals surface area contributed by atoms with E-state index in [0.29, 0.717) is 24.7 Å². The third-order valence-corrected chi connectivity index (χ3v) is 5.57. The molecule has 0 atom stereocenters. The minimum atomic E-state index is -0.612. The fraction of sp³-hybridized carbons (Fsp3) is 0.500.